The Morgan fingerprint density at radius 3 is 2.73 bits per heavy atom. The Morgan fingerprint density at radius 1 is 1.60 bits per heavy atom. The number of benzene rings is 1. The molecule has 3 N–H and O–H groups in total. The second kappa shape index (κ2) is 4.45. The zero-order chi connectivity index (χ0) is 11.6. The molecular formula is C12H16FNO. The van der Waals surface area contributed by atoms with Gasteiger partial charge in [-0.1, -0.05) is 11.6 Å². The first-order chi connectivity index (χ1) is 6.93. The van der Waals surface area contributed by atoms with Crippen LogP contribution in [0.25, 0.3) is 0 Å². The molecule has 15 heavy (non-hydrogen) atoms. The van der Waals surface area contributed by atoms with Crippen LogP contribution in [0.1, 0.15) is 30.5 Å². The molecule has 0 unspecified atom stereocenters. The Kier molecular flexibility index (Phi) is 3.48. The minimum atomic E-state index is -0.539. The van der Waals surface area contributed by atoms with Crippen molar-refractivity contribution in [2.24, 2.45) is 5.73 Å². The van der Waals surface area contributed by atoms with Crippen LogP contribution in [0.3, 0.4) is 0 Å². The lowest BCUT2D eigenvalue weighted by atomic mass is 9.98. The summed E-state index contributed by atoms with van der Waals surface area (Å²) in [6.45, 7) is 7.26. The fourth-order valence-electron chi connectivity index (χ4n) is 1.52. The normalized spacial score (nSPS) is 12.5. The molecule has 0 radical (unpaired) electrons. The first kappa shape index (κ1) is 11.7. The van der Waals surface area contributed by atoms with Crippen molar-refractivity contribution in [3.8, 4) is 5.75 Å². The number of aromatic hydroxyl groups is 1. The first-order valence-electron chi connectivity index (χ1n) is 4.81. The maximum absolute atomic E-state index is 13.5. The van der Waals surface area contributed by atoms with E-state index < -0.39 is 11.9 Å². The van der Waals surface area contributed by atoms with Gasteiger partial charge in [-0.3, -0.25) is 0 Å². The fourth-order valence-corrected chi connectivity index (χ4v) is 1.52. The van der Waals surface area contributed by atoms with Crippen molar-refractivity contribution in [1.82, 2.24) is 0 Å². The molecule has 2 nitrogen and oxygen atoms in total. The molecule has 0 aliphatic rings. The van der Waals surface area contributed by atoms with E-state index in [0.29, 0.717) is 12.0 Å². The standard InChI is InChI=1S/C12H16FNO/c1-7(2)6-10(14)11-9(13)5-4-8(3)12(11)15/h4-5,10,15H,1,6,14H2,2-3H3/t10-/m0/s1. The molecule has 0 saturated heterocycles. The largest absolute Gasteiger partial charge is 0.507 e. The zero-order valence-corrected chi connectivity index (χ0v) is 9.05. The summed E-state index contributed by atoms with van der Waals surface area (Å²) in [6.07, 6.45) is 0.466. The molecule has 3 heteroatoms. The highest BCUT2D eigenvalue weighted by Gasteiger charge is 2.17. The number of hydrogen-bond donors (Lipinski definition) is 2. The molecule has 0 fully saturated rings. The van der Waals surface area contributed by atoms with E-state index in [1.807, 2.05) is 6.92 Å². The van der Waals surface area contributed by atoms with Crippen molar-refractivity contribution in [3.05, 3.63) is 41.2 Å². The fraction of sp³-hybridized carbons (Fsp3) is 0.333. The Morgan fingerprint density at radius 2 is 2.20 bits per heavy atom. The number of nitrogens with two attached hydrogens (primary N) is 1. The van der Waals surface area contributed by atoms with Crippen molar-refractivity contribution < 1.29 is 9.50 Å². The van der Waals surface area contributed by atoms with Crippen LogP contribution in [0, 0.1) is 12.7 Å². The first-order valence-corrected chi connectivity index (χ1v) is 4.81. The van der Waals surface area contributed by atoms with E-state index in [4.69, 9.17) is 5.73 Å². The van der Waals surface area contributed by atoms with Gasteiger partial charge < -0.3 is 10.8 Å². The summed E-state index contributed by atoms with van der Waals surface area (Å²) in [4.78, 5) is 0. The summed E-state index contributed by atoms with van der Waals surface area (Å²) in [7, 11) is 0. The SMILES string of the molecule is C=C(C)C[C@H](N)c1c(F)ccc(C)c1O. The van der Waals surface area contributed by atoms with Gasteiger partial charge in [0.2, 0.25) is 0 Å². The van der Waals surface area contributed by atoms with Crippen molar-refractivity contribution in [3.63, 3.8) is 0 Å². The third-order valence-corrected chi connectivity index (χ3v) is 2.30. The molecule has 0 saturated carbocycles. The summed E-state index contributed by atoms with van der Waals surface area (Å²) in [5.41, 5.74) is 7.48. The van der Waals surface area contributed by atoms with Gasteiger partial charge in [-0.25, -0.2) is 4.39 Å². The third-order valence-electron chi connectivity index (χ3n) is 2.30. The molecular weight excluding hydrogens is 193 g/mol. The summed E-state index contributed by atoms with van der Waals surface area (Å²) in [5.74, 6) is -0.518. The number of phenolic OH excluding ortho intramolecular Hbond substituents is 1. The predicted molar refractivity (Wildman–Crippen MR) is 59.2 cm³/mol. The molecule has 0 aliphatic heterocycles. The van der Waals surface area contributed by atoms with E-state index in [-0.39, 0.29) is 11.3 Å². The monoisotopic (exact) mass is 209 g/mol. The van der Waals surface area contributed by atoms with Gasteiger partial charge in [0.25, 0.3) is 0 Å². The van der Waals surface area contributed by atoms with Crippen LogP contribution in [-0.4, -0.2) is 5.11 Å². The summed E-state index contributed by atoms with van der Waals surface area (Å²) in [6, 6.07) is 2.31. The van der Waals surface area contributed by atoms with E-state index in [9.17, 15) is 9.50 Å². The van der Waals surface area contributed by atoms with Gasteiger partial charge in [0.1, 0.15) is 11.6 Å². The van der Waals surface area contributed by atoms with Crippen LogP contribution in [0.2, 0.25) is 0 Å². The topological polar surface area (TPSA) is 46.2 Å². The minimum absolute atomic E-state index is 0.0521. The number of rotatable bonds is 3. The lowest BCUT2D eigenvalue weighted by molar-refractivity contribution is 0.444. The van der Waals surface area contributed by atoms with Gasteiger partial charge in [-0.05, 0) is 31.9 Å². The van der Waals surface area contributed by atoms with Crippen LogP contribution in [0.5, 0.6) is 5.75 Å². The summed E-state index contributed by atoms with van der Waals surface area (Å²) < 4.78 is 13.5. The van der Waals surface area contributed by atoms with Gasteiger partial charge in [-0.2, -0.15) is 0 Å². The average Bonchev–Trinajstić information content (AvgIpc) is 2.11. The van der Waals surface area contributed by atoms with Gasteiger partial charge in [0.05, 0.1) is 0 Å². The number of aryl methyl sites for hydroxylation is 1. The molecule has 0 aromatic heterocycles. The van der Waals surface area contributed by atoms with E-state index in [2.05, 4.69) is 6.58 Å². The van der Waals surface area contributed by atoms with Crippen molar-refractivity contribution in [1.29, 1.82) is 0 Å². The Labute approximate surface area is 89.2 Å². The Balaban J connectivity index is 3.12. The molecule has 0 bridgehead atoms. The molecule has 1 aromatic carbocycles. The van der Waals surface area contributed by atoms with Crippen molar-refractivity contribution in [2.45, 2.75) is 26.3 Å². The smallest absolute Gasteiger partial charge is 0.131 e. The van der Waals surface area contributed by atoms with Crippen molar-refractivity contribution >= 4 is 0 Å². The lowest BCUT2D eigenvalue weighted by Gasteiger charge is -2.15. The van der Waals surface area contributed by atoms with Gasteiger partial charge in [0.15, 0.2) is 0 Å². The average molecular weight is 209 g/mol. The molecule has 1 atom stereocenters. The molecule has 0 heterocycles. The summed E-state index contributed by atoms with van der Waals surface area (Å²) in [5, 5.41) is 9.71. The Bertz CT molecular complexity index is 387. The third kappa shape index (κ3) is 2.57. The number of phenols is 1. The van der Waals surface area contributed by atoms with E-state index >= 15 is 0 Å². The molecule has 1 rings (SSSR count). The van der Waals surface area contributed by atoms with Crippen LogP contribution < -0.4 is 5.73 Å². The van der Waals surface area contributed by atoms with E-state index in [0.717, 1.165) is 5.57 Å². The van der Waals surface area contributed by atoms with Crippen molar-refractivity contribution in [2.75, 3.05) is 0 Å². The van der Waals surface area contributed by atoms with Gasteiger partial charge >= 0.3 is 0 Å². The quantitative estimate of drug-likeness (QED) is 0.752. The van der Waals surface area contributed by atoms with Crippen LogP contribution in [0.4, 0.5) is 4.39 Å². The molecule has 0 aliphatic carbocycles. The summed E-state index contributed by atoms with van der Waals surface area (Å²) >= 11 is 0. The van der Waals surface area contributed by atoms with Crippen LogP contribution in [-0.2, 0) is 0 Å². The molecule has 0 amide bonds. The minimum Gasteiger partial charge on any atom is -0.507 e. The van der Waals surface area contributed by atoms with E-state index in [1.54, 1.807) is 6.92 Å². The molecule has 1 aromatic rings. The lowest BCUT2D eigenvalue weighted by Crippen LogP contribution is -2.13. The Hall–Kier alpha value is -1.35. The maximum Gasteiger partial charge on any atom is 0.131 e. The van der Waals surface area contributed by atoms with Gasteiger partial charge in [0, 0.05) is 11.6 Å². The predicted octanol–water partition coefficient (Wildman–Crippen LogP) is 2.81. The van der Waals surface area contributed by atoms with Crippen LogP contribution >= 0.6 is 0 Å². The molecule has 82 valence electrons. The van der Waals surface area contributed by atoms with E-state index in [1.165, 1.54) is 12.1 Å². The van der Waals surface area contributed by atoms with Gasteiger partial charge in [-0.15, -0.1) is 6.58 Å². The number of halogens is 1. The number of hydrogen-bond acceptors (Lipinski definition) is 2. The maximum atomic E-state index is 13.5. The van der Waals surface area contributed by atoms with Crippen LogP contribution in [0.15, 0.2) is 24.3 Å². The highest BCUT2D eigenvalue weighted by molar-refractivity contribution is 5.42. The second-order valence-electron chi connectivity index (χ2n) is 3.89. The highest BCUT2D eigenvalue weighted by atomic mass is 19.1. The highest BCUT2D eigenvalue weighted by Crippen LogP contribution is 2.31. The molecule has 0 spiro atoms. The second-order valence-corrected chi connectivity index (χ2v) is 3.89. The zero-order valence-electron chi connectivity index (χ0n) is 9.05.